The fourth-order valence-electron chi connectivity index (χ4n) is 5.39. The first-order chi connectivity index (χ1) is 30.5. The first kappa shape index (κ1) is 49.1. The van der Waals surface area contributed by atoms with E-state index in [1.54, 1.807) is 60.7 Å². The number of ether oxygens (including phenoxy) is 8. The molecule has 16 heteroatoms. The summed E-state index contributed by atoms with van der Waals surface area (Å²) in [5.41, 5.74) is 2.54. The molecule has 0 saturated heterocycles. The summed E-state index contributed by atoms with van der Waals surface area (Å²) in [7, 11) is 2.75. The number of rotatable bonds is 24. The lowest BCUT2D eigenvalue weighted by Gasteiger charge is -2.17. The van der Waals surface area contributed by atoms with Crippen molar-refractivity contribution in [2.75, 3.05) is 38.2 Å². The average molecular weight is 901 g/mol. The lowest BCUT2D eigenvalue weighted by molar-refractivity contribution is -0.146. The van der Waals surface area contributed by atoms with Crippen LogP contribution in [0.4, 0.5) is 9.59 Å². The second-order valence-electron chi connectivity index (χ2n) is 13.3. The zero-order valence-corrected chi connectivity index (χ0v) is 36.8. The zero-order valence-electron chi connectivity index (χ0n) is 35.2. The third-order valence-electron chi connectivity index (χ3n) is 8.64. The van der Waals surface area contributed by atoms with Crippen LogP contribution in [0.15, 0.2) is 109 Å². The van der Waals surface area contributed by atoms with Crippen LogP contribution in [0.2, 0.25) is 0 Å². The van der Waals surface area contributed by atoms with Gasteiger partial charge in [-0.25, -0.2) is 19.2 Å². The van der Waals surface area contributed by atoms with Crippen LogP contribution in [0.1, 0.15) is 41.5 Å². The summed E-state index contributed by atoms with van der Waals surface area (Å²) in [4.78, 5) is 76.4. The SMILES string of the molecule is COc1cc(/C=C/C(=O)CC(=O)/C=C/c2ccc(OC(=O)[C@H](CCSC)OC(=O)OCc3ccccc3)c(OC)c2)ccc1OC(=O)[C@H](CCSC)OC(=O)OCc1ccccc1. The van der Waals surface area contributed by atoms with Crippen molar-refractivity contribution in [3.05, 3.63) is 131 Å². The maximum atomic E-state index is 13.1. The summed E-state index contributed by atoms with van der Waals surface area (Å²) in [6.45, 7) is -0.0498. The van der Waals surface area contributed by atoms with Crippen LogP contribution < -0.4 is 18.9 Å². The van der Waals surface area contributed by atoms with E-state index in [-0.39, 0.29) is 49.1 Å². The molecule has 0 fully saturated rings. The number of hydrogen-bond acceptors (Lipinski definition) is 16. The minimum absolute atomic E-state index is 0.0249. The van der Waals surface area contributed by atoms with Crippen LogP contribution in [0.5, 0.6) is 23.0 Å². The number of allylic oxidation sites excluding steroid dienone is 2. The first-order valence-corrected chi connectivity index (χ1v) is 22.2. The molecular weight excluding hydrogens is 853 g/mol. The Hall–Kier alpha value is -6.52. The first-order valence-electron chi connectivity index (χ1n) is 19.5. The van der Waals surface area contributed by atoms with Crippen molar-refractivity contribution in [1.82, 2.24) is 0 Å². The molecule has 0 radical (unpaired) electrons. The second kappa shape index (κ2) is 26.7. The monoisotopic (exact) mass is 900 g/mol. The van der Waals surface area contributed by atoms with E-state index in [1.807, 2.05) is 24.6 Å². The number of esters is 2. The summed E-state index contributed by atoms with van der Waals surface area (Å²) in [5, 5.41) is 0. The van der Waals surface area contributed by atoms with Crippen molar-refractivity contribution in [1.29, 1.82) is 0 Å². The molecule has 63 heavy (non-hydrogen) atoms. The number of carbonyl (C=O) groups is 6. The number of hydrogen-bond donors (Lipinski definition) is 0. The van der Waals surface area contributed by atoms with Crippen LogP contribution in [0, 0.1) is 0 Å². The molecule has 0 amide bonds. The van der Waals surface area contributed by atoms with Gasteiger partial charge in [-0.3, -0.25) is 9.59 Å². The summed E-state index contributed by atoms with van der Waals surface area (Å²) >= 11 is 2.93. The number of benzene rings is 4. The molecule has 0 spiro atoms. The number of ketones is 2. The van der Waals surface area contributed by atoms with Crippen molar-refractivity contribution in [2.45, 2.75) is 44.7 Å². The zero-order chi connectivity index (χ0) is 45.4. The minimum Gasteiger partial charge on any atom is -0.493 e. The quantitative estimate of drug-likeness (QED) is 0.0282. The van der Waals surface area contributed by atoms with E-state index >= 15 is 0 Å². The van der Waals surface area contributed by atoms with Crippen molar-refractivity contribution in [3.8, 4) is 23.0 Å². The number of carbonyl (C=O) groups excluding carboxylic acids is 6. The van der Waals surface area contributed by atoms with E-state index in [4.69, 9.17) is 37.9 Å². The second-order valence-corrected chi connectivity index (χ2v) is 15.2. The molecule has 0 saturated carbocycles. The highest BCUT2D eigenvalue weighted by molar-refractivity contribution is 7.98. The molecule has 0 aliphatic carbocycles. The molecule has 0 aromatic heterocycles. The lowest BCUT2D eigenvalue weighted by Crippen LogP contribution is -2.32. The van der Waals surface area contributed by atoms with Gasteiger partial charge in [0.15, 0.2) is 34.6 Å². The van der Waals surface area contributed by atoms with E-state index in [9.17, 15) is 28.8 Å². The van der Waals surface area contributed by atoms with Crippen molar-refractivity contribution in [3.63, 3.8) is 0 Å². The maximum Gasteiger partial charge on any atom is 0.509 e. The van der Waals surface area contributed by atoms with Gasteiger partial charge >= 0.3 is 24.2 Å². The highest BCUT2D eigenvalue weighted by Gasteiger charge is 2.28. The Morgan fingerprint density at radius 2 is 0.937 bits per heavy atom. The molecule has 0 aliphatic heterocycles. The van der Waals surface area contributed by atoms with Gasteiger partial charge in [-0.1, -0.05) is 84.9 Å². The van der Waals surface area contributed by atoms with Gasteiger partial charge in [0.2, 0.25) is 12.2 Å². The van der Waals surface area contributed by atoms with Gasteiger partial charge in [-0.15, -0.1) is 0 Å². The van der Waals surface area contributed by atoms with Gasteiger partial charge in [0.25, 0.3) is 0 Å². The van der Waals surface area contributed by atoms with Gasteiger partial charge in [-0.05, 0) is 82.7 Å². The Morgan fingerprint density at radius 1 is 0.540 bits per heavy atom. The molecule has 4 aromatic carbocycles. The normalized spacial score (nSPS) is 11.9. The standard InChI is InChI=1S/C47H48O14S2/c1-54-42-27-32(17-21-38(42)58-44(50)40(23-25-62-3)60-46(52)56-30-34-11-7-5-8-12-34)15-19-36(48)29-37(49)20-16-33-18-22-39(43(28-33)55-2)59-45(51)41(24-26-63-4)61-47(53)57-31-35-13-9-6-10-14-35/h5-22,27-28,40-41H,23-26,29-31H2,1-4H3/b19-15+,20-16+/t40-,41-/m0/s1. The molecule has 0 aliphatic rings. The molecule has 0 bridgehead atoms. The predicted octanol–water partition coefficient (Wildman–Crippen LogP) is 8.72. The third kappa shape index (κ3) is 17.4. The van der Waals surface area contributed by atoms with Crippen molar-refractivity contribution < 1.29 is 66.7 Å². The molecule has 14 nitrogen and oxygen atoms in total. The molecule has 2 atom stereocenters. The topological polar surface area (TPSA) is 176 Å². The van der Waals surface area contributed by atoms with Gasteiger partial charge in [0.1, 0.15) is 13.2 Å². The van der Waals surface area contributed by atoms with E-state index in [1.165, 1.54) is 86.3 Å². The van der Waals surface area contributed by atoms with Crippen LogP contribution in [-0.2, 0) is 51.3 Å². The largest absolute Gasteiger partial charge is 0.509 e. The minimum atomic E-state index is -1.24. The summed E-state index contributed by atoms with van der Waals surface area (Å²) in [6, 6.07) is 27.2. The summed E-state index contributed by atoms with van der Waals surface area (Å²) in [6.07, 6.45) is 4.59. The average Bonchev–Trinajstić information content (AvgIpc) is 3.30. The Labute approximate surface area is 374 Å². The van der Waals surface area contributed by atoms with Gasteiger partial charge in [-0.2, -0.15) is 23.5 Å². The predicted molar refractivity (Wildman–Crippen MR) is 239 cm³/mol. The fraction of sp³-hybridized carbons (Fsp3) is 0.277. The molecular formula is C47H48O14S2. The van der Waals surface area contributed by atoms with Crippen molar-refractivity contribution in [2.24, 2.45) is 0 Å². The lowest BCUT2D eigenvalue weighted by atomic mass is 10.1. The van der Waals surface area contributed by atoms with E-state index in [0.29, 0.717) is 22.6 Å². The van der Waals surface area contributed by atoms with Gasteiger partial charge < -0.3 is 37.9 Å². The molecule has 332 valence electrons. The third-order valence-corrected chi connectivity index (χ3v) is 9.93. The molecule has 0 unspecified atom stereocenters. The number of methoxy groups -OCH3 is 2. The fourth-order valence-corrected chi connectivity index (χ4v) is 6.29. The highest BCUT2D eigenvalue weighted by Crippen LogP contribution is 2.31. The van der Waals surface area contributed by atoms with E-state index < -0.39 is 54.4 Å². The van der Waals surface area contributed by atoms with Crippen LogP contribution >= 0.6 is 23.5 Å². The molecule has 0 N–H and O–H groups in total. The van der Waals surface area contributed by atoms with E-state index in [2.05, 4.69) is 0 Å². The maximum absolute atomic E-state index is 13.1. The highest BCUT2D eigenvalue weighted by atomic mass is 32.2. The Kier molecular flexibility index (Phi) is 20.9. The van der Waals surface area contributed by atoms with Crippen LogP contribution in [-0.4, -0.2) is 86.3 Å². The Morgan fingerprint density at radius 3 is 1.30 bits per heavy atom. The van der Waals surface area contributed by atoms with Crippen LogP contribution in [0.3, 0.4) is 0 Å². The van der Waals surface area contributed by atoms with Gasteiger partial charge in [0.05, 0.1) is 20.6 Å². The summed E-state index contributed by atoms with van der Waals surface area (Å²) in [5.74, 6) is -1.11. The summed E-state index contributed by atoms with van der Waals surface area (Å²) < 4.78 is 42.9. The smallest absolute Gasteiger partial charge is 0.493 e. The number of thioether (sulfide) groups is 2. The molecule has 0 heterocycles. The van der Waals surface area contributed by atoms with Crippen molar-refractivity contribution >= 4 is 71.5 Å². The molecule has 4 rings (SSSR count). The Balaban J connectivity index is 1.30. The molecule has 4 aromatic rings. The Bertz CT molecular complexity index is 2050. The van der Waals surface area contributed by atoms with E-state index in [0.717, 1.165) is 11.1 Å². The van der Waals surface area contributed by atoms with Crippen LogP contribution in [0.25, 0.3) is 12.2 Å². The van der Waals surface area contributed by atoms with Gasteiger partial charge in [0, 0.05) is 12.8 Å².